The largest absolute Gasteiger partial charge is 0.483 e. The van der Waals surface area contributed by atoms with E-state index in [4.69, 9.17) is 21.1 Å². The van der Waals surface area contributed by atoms with E-state index in [1.54, 1.807) is 4.90 Å². The number of carbonyl (C=O) groups is 1. The molecule has 3 aromatic rings. The number of hydrogen-bond donors (Lipinski definition) is 2. The maximum Gasteiger partial charge on any atom is 0.418 e. The molecule has 2 aromatic carbocycles. The van der Waals surface area contributed by atoms with Gasteiger partial charge in [-0.05, 0) is 43.4 Å². The van der Waals surface area contributed by atoms with Crippen molar-refractivity contribution < 1.29 is 27.4 Å². The molecule has 2 aliphatic rings. The molecule has 1 amide bonds. The van der Waals surface area contributed by atoms with E-state index >= 15 is 0 Å². The fraction of sp³-hybridized carbons (Fsp3) is 0.320. The van der Waals surface area contributed by atoms with Crippen molar-refractivity contribution in [2.45, 2.75) is 6.18 Å². The Bertz CT molecular complexity index is 1350. The van der Waals surface area contributed by atoms with Crippen LogP contribution in [0.2, 0.25) is 5.02 Å². The summed E-state index contributed by atoms with van der Waals surface area (Å²) in [5, 5.41) is 5.81. The van der Waals surface area contributed by atoms with Crippen LogP contribution in [0.25, 0.3) is 0 Å². The van der Waals surface area contributed by atoms with Gasteiger partial charge in [-0.1, -0.05) is 11.6 Å². The standard InChI is InChI=1S/C25H24ClF3N6O3/c1-34-7-9-35(10-8-34)19-5-3-16(13-17(19)25(27,28)29)33-23(36)15-2-4-18(26)20(12-15)38-24-21-22(31-14-32-24)30-6-11-37-21/h2-5,12-14H,6-11H2,1H3,(H,33,36)(H,30,31,32). The van der Waals surface area contributed by atoms with Crippen LogP contribution < -0.4 is 25.0 Å². The van der Waals surface area contributed by atoms with E-state index in [1.165, 1.54) is 36.7 Å². The maximum absolute atomic E-state index is 13.9. The van der Waals surface area contributed by atoms with Gasteiger partial charge in [0, 0.05) is 43.1 Å². The van der Waals surface area contributed by atoms with Gasteiger partial charge >= 0.3 is 6.18 Å². The lowest BCUT2D eigenvalue weighted by atomic mass is 10.1. The average molecular weight is 549 g/mol. The van der Waals surface area contributed by atoms with E-state index in [9.17, 15) is 18.0 Å². The Labute approximate surface area is 221 Å². The lowest BCUT2D eigenvalue weighted by molar-refractivity contribution is -0.137. The molecule has 1 saturated heterocycles. The molecular formula is C25H24ClF3N6O3. The second-order valence-electron chi connectivity index (χ2n) is 8.85. The first-order chi connectivity index (χ1) is 18.2. The van der Waals surface area contributed by atoms with Crippen molar-refractivity contribution in [2.24, 2.45) is 0 Å². The summed E-state index contributed by atoms with van der Waals surface area (Å²) in [5.74, 6) is 0.373. The molecule has 2 N–H and O–H groups in total. The van der Waals surface area contributed by atoms with Gasteiger partial charge in [-0.2, -0.15) is 18.2 Å². The van der Waals surface area contributed by atoms with Gasteiger partial charge in [-0.15, -0.1) is 0 Å². The van der Waals surface area contributed by atoms with Gasteiger partial charge < -0.3 is 29.9 Å². The molecule has 0 atom stereocenters. The first-order valence-electron chi connectivity index (χ1n) is 11.8. The number of benzene rings is 2. The smallest absolute Gasteiger partial charge is 0.418 e. The highest BCUT2D eigenvalue weighted by molar-refractivity contribution is 6.32. The molecule has 0 radical (unpaired) electrons. The van der Waals surface area contributed by atoms with Gasteiger partial charge in [-0.25, -0.2) is 4.98 Å². The monoisotopic (exact) mass is 548 g/mol. The lowest BCUT2D eigenvalue weighted by Crippen LogP contribution is -2.45. The van der Waals surface area contributed by atoms with Crippen molar-refractivity contribution in [3.05, 3.63) is 58.9 Å². The van der Waals surface area contributed by atoms with Crippen LogP contribution in [0.5, 0.6) is 17.4 Å². The van der Waals surface area contributed by atoms with Gasteiger partial charge in [0.2, 0.25) is 5.75 Å². The molecule has 0 saturated carbocycles. The average Bonchev–Trinajstić information content (AvgIpc) is 2.90. The Balaban J connectivity index is 1.37. The number of fused-ring (bicyclic) bond motifs is 1. The van der Waals surface area contributed by atoms with Crippen LogP contribution in [-0.4, -0.2) is 67.2 Å². The van der Waals surface area contributed by atoms with Crippen LogP contribution in [0, 0.1) is 0 Å². The van der Waals surface area contributed by atoms with E-state index in [0.29, 0.717) is 50.9 Å². The van der Waals surface area contributed by atoms with Gasteiger partial charge in [0.05, 0.1) is 17.1 Å². The summed E-state index contributed by atoms with van der Waals surface area (Å²) >= 11 is 6.28. The number of nitrogens with one attached hydrogen (secondary N) is 2. The molecule has 9 nitrogen and oxygen atoms in total. The topological polar surface area (TPSA) is 91.9 Å². The molecule has 1 aromatic heterocycles. The summed E-state index contributed by atoms with van der Waals surface area (Å²) in [6.07, 6.45) is -3.29. The second kappa shape index (κ2) is 10.5. The van der Waals surface area contributed by atoms with Gasteiger partial charge in [0.25, 0.3) is 11.8 Å². The molecule has 0 bridgehead atoms. The first kappa shape index (κ1) is 25.9. The minimum Gasteiger partial charge on any atom is -0.483 e. The zero-order chi connectivity index (χ0) is 26.9. The number of nitrogens with zero attached hydrogens (tertiary/aromatic N) is 4. The van der Waals surface area contributed by atoms with E-state index in [-0.39, 0.29) is 33.6 Å². The summed E-state index contributed by atoms with van der Waals surface area (Å²) in [7, 11) is 1.93. The third kappa shape index (κ3) is 5.55. The minimum atomic E-state index is -4.59. The number of rotatable bonds is 5. The number of anilines is 3. The minimum absolute atomic E-state index is 0.0157. The predicted molar refractivity (Wildman–Crippen MR) is 137 cm³/mol. The number of aromatic nitrogens is 2. The van der Waals surface area contributed by atoms with Crippen LogP contribution >= 0.6 is 11.6 Å². The third-order valence-corrected chi connectivity index (χ3v) is 6.53. The molecule has 38 heavy (non-hydrogen) atoms. The molecule has 2 aliphatic heterocycles. The maximum atomic E-state index is 13.9. The SMILES string of the molecule is CN1CCN(c2ccc(NC(=O)c3ccc(Cl)c(Oc4ncnc5c4OCCN5)c3)cc2C(F)(F)F)CC1. The molecular weight excluding hydrogens is 525 g/mol. The highest BCUT2D eigenvalue weighted by atomic mass is 35.5. The molecule has 0 spiro atoms. The zero-order valence-electron chi connectivity index (χ0n) is 20.3. The normalized spacial score (nSPS) is 15.8. The molecule has 0 unspecified atom stereocenters. The molecule has 13 heteroatoms. The number of likely N-dealkylation sites (N-methyl/N-ethyl adjacent to an activating group) is 1. The van der Waals surface area contributed by atoms with Crippen LogP contribution in [-0.2, 0) is 6.18 Å². The van der Waals surface area contributed by atoms with Crippen LogP contribution in [0.1, 0.15) is 15.9 Å². The van der Waals surface area contributed by atoms with E-state index in [0.717, 1.165) is 6.07 Å². The summed E-state index contributed by atoms with van der Waals surface area (Å²) < 4.78 is 53.2. The summed E-state index contributed by atoms with van der Waals surface area (Å²) in [5.41, 5.74) is -0.567. The van der Waals surface area contributed by atoms with E-state index < -0.39 is 17.6 Å². The fourth-order valence-corrected chi connectivity index (χ4v) is 4.36. The number of piperazine rings is 1. The highest BCUT2D eigenvalue weighted by Crippen LogP contribution is 2.40. The van der Waals surface area contributed by atoms with Crippen molar-refractivity contribution in [1.29, 1.82) is 0 Å². The van der Waals surface area contributed by atoms with E-state index in [1.807, 2.05) is 7.05 Å². The fourth-order valence-electron chi connectivity index (χ4n) is 4.20. The predicted octanol–water partition coefficient (Wildman–Crippen LogP) is 4.75. The van der Waals surface area contributed by atoms with Crippen molar-refractivity contribution in [3.63, 3.8) is 0 Å². The summed E-state index contributed by atoms with van der Waals surface area (Å²) in [4.78, 5) is 24.9. The molecule has 3 heterocycles. The lowest BCUT2D eigenvalue weighted by Gasteiger charge is -2.35. The van der Waals surface area contributed by atoms with Crippen LogP contribution in [0.15, 0.2) is 42.7 Å². The zero-order valence-corrected chi connectivity index (χ0v) is 21.1. The van der Waals surface area contributed by atoms with Crippen molar-refractivity contribution in [1.82, 2.24) is 14.9 Å². The first-order valence-corrected chi connectivity index (χ1v) is 12.2. The molecule has 1 fully saturated rings. The van der Waals surface area contributed by atoms with Crippen molar-refractivity contribution >= 4 is 34.7 Å². The second-order valence-corrected chi connectivity index (χ2v) is 9.26. The Kier molecular flexibility index (Phi) is 7.17. The number of ether oxygens (including phenoxy) is 2. The summed E-state index contributed by atoms with van der Waals surface area (Å²) in [6, 6.07) is 8.09. The molecule has 200 valence electrons. The van der Waals surface area contributed by atoms with Crippen molar-refractivity contribution in [2.75, 3.05) is 61.9 Å². The van der Waals surface area contributed by atoms with E-state index in [2.05, 4.69) is 25.5 Å². The van der Waals surface area contributed by atoms with Gasteiger partial charge in [-0.3, -0.25) is 4.79 Å². The Morgan fingerprint density at radius 1 is 1.13 bits per heavy atom. The van der Waals surface area contributed by atoms with Crippen LogP contribution in [0.3, 0.4) is 0 Å². The van der Waals surface area contributed by atoms with Crippen molar-refractivity contribution in [3.8, 4) is 17.4 Å². The van der Waals surface area contributed by atoms with Gasteiger partial charge in [0.1, 0.15) is 18.7 Å². The quantitative estimate of drug-likeness (QED) is 0.472. The number of alkyl halides is 3. The summed E-state index contributed by atoms with van der Waals surface area (Å²) in [6.45, 7) is 3.26. The Hall–Kier alpha value is -3.77. The number of hydrogen-bond acceptors (Lipinski definition) is 8. The Morgan fingerprint density at radius 2 is 1.92 bits per heavy atom. The number of carbonyl (C=O) groups excluding carboxylic acids is 1. The number of halogens is 4. The van der Waals surface area contributed by atoms with Gasteiger partial charge in [0.15, 0.2) is 5.82 Å². The molecule has 5 rings (SSSR count). The van der Waals surface area contributed by atoms with Crippen LogP contribution in [0.4, 0.5) is 30.4 Å². The number of amides is 1. The molecule has 0 aliphatic carbocycles. The Morgan fingerprint density at radius 3 is 2.68 bits per heavy atom. The highest BCUT2D eigenvalue weighted by Gasteiger charge is 2.36. The third-order valence-electron chi connectivity index (χ3n) is 6.22.